The molecule has 0 heterocycles. The number of rotatable bonds is 5. The molecule has 0 aliphatic rings. The molecule has 1 nitrogen and oxygen atoms in total. The van der Waals surface area contributed by atoms with Crippen molar-refractivity contribution in [1.29, 1.82) is 0 Å². The Bertz CT molecular complexity index is 373. The molecule has 18 heavy (non-hydrogen) atoms. The second-order valence-corrected chi connectivity index (χ2v) is 4.99. The van der Waals surface area contributed by atoms with Crippen LogP contribution in [-0.2, 0) is 0 Å². The van der Waals surface area contributed by atoms with Crippen LogP contribution in [0.4, 0.5) is 5.69 Å². The van der Waals surface area contributed by atoms with Crippen LogP contribution in [0.5, 0.6) is 0 Å². The first-order valence-electron chi connectivity index (χ1n) is 6.51. The summed E-state index contributed by atoms with van der Waals surface area (Å²) in [7, 11) is 4.41. The van der Waals surface area contributed by atoms with Crippen LogP contribution in [-0.4, -0.2) is 20.6 Å². The second kappa shape index (κ2) is 9.19. The van der Waals surface area contributed by atoms with Crippen LogP contribution in [0.3, 0.4) is 0 Å². The van der Waals surface area contributed by atoms with Gasteiger partial charge in [-0.3, -0.25) is 4.48 Å². The lowest BCUT2D eigenvalue weighted by Gasteiger charge is -2.26. The Kier molecular flexibility index (Phi) is 8.79. The average Bonchev–Trinajstić information content (AvgIpc) is 2.35. The van der Waals surface area contributed by atoms with Crippen molar-refractivity contribution >= 4 is 5.69 Å². The van der Waals surface area contributed by atoms with Crippen molar-refractivity contribution in [2.45, 2.75) is 32.6 Å². The van der Waals surface area contributed by atoms with E-state index in [0.29, 0.717) is 0 Å². The standard InChI is InChI=1S/C16H24N.BrH/c1-4-5-6-7-8-12-15-17(2,3)16-13-10-9-11-14-16;/h9-11,13-14H,4-7,15H2,1-3H3;1H/q+1;/p-1. The van der Waals surface area contributed by atoms with Gasteiger partial charge in [0.05, 0.1) is 14.1 Å². The first-order chi connectivity index (χ1) is 8.17. The van der Waals surface area contributed by atoms with E-state index in [1.54, 1.807) is 0 Å². The van der Waals surface area contributed by atoms with Gasteiger partial charge < -0.3 is 17.0 Å². The fourth-order valence-electron chi connectivity index (χ4n) is 1.73. The van der Waals surface area contributed by atoms with E-state index in [4.69, 9.17) is 0 Å². The molecule has 0 aliphatic heterocycles. The molecule has 0 amide bonds. The van der Waals surface area contributed by atoms with Gasteiger partial charge in [-0.2, -0.15) is 0 Å². The van der Waals surface area contributed by atoms with Crippen molar-refractivity contribution in [3.8, 4) is 11.8 Å². The van der Waals surface area contributed by atoms with Crippen LogP contribution >= 0.6 is 0 Å². The minimum atomic E-state index is 0. The van der Waals surface area contributed by atoms with Gasteiger partial charge >= 0.3 is 0 Å². The van der Waals surface area contributed by atoms with Gasteiger partial charge in [0.1, 0.15) is 12.2 Å². The number of hydrogen-bond donors (Lipinski definition) is 0. The fraction of sp³-hybridized carbons (Fsp3) is 0.500. The van der Waals surface area contributed by atoms with E-state index in [1.165, 1.54) is 24.9 Å². The Labute approximate surface area is 123 Å². The summed E-state index contributed by atoms with van der Waals surface area (Å²) in [5.41, 5.74) is 1.32. The summed E-state index contributed by atoms with van der Waals surface area (Å²) in [5, 5.41) is 0. The lowest BCUT2D eigenvalue weighted by Crippen LogP contribution is -3.00. The van der Waals surface area contributed by atoms with Crippen LogP contribution in [0, 0.1) is 11.8 Å². The highest BCUT2D eigenvalue weighted by Crippen LogP contribution is 2.16. The Morgan fingerprint density at radius 1 is 1.00 bits per heavy atom. The van der Waals surface area contributed by atoms with E-state index in [-0.39, 0.29) is 17.0 Å². The molecule has 0 N–H and O–H groups in total. The lowest BCUT2D eigenvalue weighted by atomic mass is 10.2. The van der Waals surface area contributed by atoms with Crippen molar-refractivity contribution in [2.24, 2.45) is 0 Å². The van der Waals surface area contributed by atoms with Crippen molar-refractivity contribution in [3.05, 3.63) is 30.3 Å². The largest absolute Gasteiger partial charge is 1.00 e. The lowest BCUT2D eigenvalue weighted by molar-refractivity contribution is -0.00000378. The van der Waals surface area contributed by atoms with Crippen molar-refractivity contribution in [3.63, 3.8) is 0 Å². The summed E-state index contributed by atoms with van der Waals surface area (Å²) in [6, 6.07) is 10.6. The van der Waals surface area contributed by atoms with Gasteiger partial charge in [-0.05, 0) is 24.5 Å². The van der Waals surface area contributed by atoms with Crippen LogP contribution < -0.4 is 21.5 Å². The van der Waals surface area contributed by atoms with E-state index in [2.05, 4.69) is 63.2 Å². The zero-order chi connectivity index (χ0) is 12.6. The minimum Gasteiger partial charge on any atom is -1.00 e. The molecule has 0 spiro atoms. The smallest absolute Gasteiger partial charge is 0.145 e. The normalized spacial score (nSPS) is 10.2. The van der Waals surface area contributed by atoms with E-state index in [1.807, 2.05) is 0 Å². The molecule has 0 atom stereocenters. The third-order valence-corrected chi connectivity index (χ3v) is 2.96. The molecule has 0 saturated heterocycles. The van der Waals surface area contributed by atoms with E-state index < -0.39 is 0 Å². The first-order valence-corrected chi connectivity index (χ1v) is 6.51. The number of nitrogens with zero attached hydrogens (tertiary/aromatic N) is 1. The summed E-state index contributed by atoms with van der Waals surface area (Å²) in [4.78, 5) is 0. The van der Waals surface area contributed by atoms with Crippen LogP contribution in [0.15, 0.2) is 30.3 Å². The minimum absolute atomic E-state index is 0. The van der Waals surface area contributed by atoms with Gasteiger partial charge in [-0.1, -0.05) is 43.9 Å². The van der Waals surface area contributed by atoms with Gasteiger partial charge in [0, 0.05) is 6.42 Å². The number of para-hydroxylation sites is 1. The molecular formula is C16H24BrN. The Morgan fingerprint density at radius 2 is 1.67 bits per heavy atom. The third kappa shape index (κ3) is 6.23. The van der Waals surface area contributed by atoms with Crippen LogP contribution in [0.2, 0.25) is 0 Å². The molecule has 1 aromatic carbocycles. The Morgan fingerprint density at radius 3 is 2.28 bits per heavy atom. The predicted octanol–water partition coefficient (Wildman–Crippen LogP) is 0.841. The fourth-order valence-corrected chi connectivity index (χ4v) is 1.73. The molecule has 0 unspecified atom stereocenters. The predicted molar refractivity (Wildman–Crippen MR) is 76.9 cm³/mol. The van der Waals surface area contributed by atoms with Gasteiger partial charge in [0.15, 0.2) is 0 Å². The topological polar surface area (TPSA) is 0 Å². The molecule has 100 valence electrons. The van der Waals surface area contributed by atoms with E-state index >= 15 is 0 Å². The average molecular weight is 310 g/mol. The molecule has 0 bridgehead atoms. The van der Waals surface area contributed by atoms with Gasteiger partial charge in [-0.15, -0.1) is 0 Å². The summed E-state index contributed by atoms with van der Waals surface area (Å²) >= 11 is 0. The summed E-state index contributed by atoms with van der Waals surface area (Å²) < 4.78 is 0.835. The summed E-state index contributed by atoms with van der Waals surface area (Å²) in [6.45, 7) is 3.11. The maximum atomic E-state index is 3.31. The molecule has 1 aromatic rings. The third-order valence-electron chi connectivity index (χ3n) is 2.96. The van der Waals surface area contributed by atoms with Crippen LogP contribution in [0.25, 0.3) is 0 Å². The number of unbranched alkanes of at least 4 members (excludes halogenated alkanes) is 3. The maximum absolute atomic E-state index is 3.31. The Balaban J connectivity index is 0.00000289. The molecule has 0 fully saturated rings. The monoisotopic (exact) mass is 309 g/mol. The second-order valence-electron chi connectivity index (χ2n) is 4.99. The first kappa shape index (κ1) is 17.2. The molecule has 0 radical (unpaired) electrons. The number of quaternary nitrogens is 1. The molecule has 0 aromatic heterocycles. The number of hydrogen-bond acceptors (Lipinski definition) is 0. The number of halogens is 1. The highest BCUT2D eigenvalue weighted by atomic mass is 79.9. The van der Waals surface area contributed by atoms with Crippen molar-refractivity contribution in [1.82, 2.24) is 4.48 Å². The van der Waals surface area contributed by atoms with E-state index in [0.717, 1.165) is 17.4 Å². The van der Waals surface area contributed by atoms with E-state index in [9.17, 15) is 0 Å². The Hall–Kier alpha value is -0.780. The summed E-state index contributed by atoms with van der Waals surface area (Å²) in [6.07, 6.45) is 4.85. The quantitative estimate of drug-likeness (QED) is 0.430. The molecule has 2 heteroatoms. The van der Waals surface area contributed by atoms with Gasteiger partial charge in [0.25, 0.3) is 0 Å². The number of benzene rings is 1. The maximum Gasteiger partial charge on any atom is 0.145 e. The zero-order valence-corrected chi connectivity index (χ0v) is 13.3. The van der Waals surface area contributed by atoms with Crippen LogP contribution in [0.1, 0.15) is 32.6 Å². The zero-order valence-electron chi connectivity index (χ0n) is 11.7. The highest BCUT2D eigenvalue weighted by molar-refractivity contribution is 5.42. The molecule has 1 rings (SSSR count). The molecule has 0 saturated carbocycles. The van der Waals surface area contributed by atoms with Gasteiger partial charge in [0.2, 0.25) is 0 Å². The SMILES string of the molecule is CCCCCC#CC[N+](C)(C)c1ccccc1.[Br-]. The van der Waals surface area contributed by atoms with Crippen molar-refractivity contribution in [2.75, 3.05) is 20.6 Å². The highest BCUT2D eigenvalue weighted by Gasteiger charge is 2.15. The van der Waals surface area contributed by atoms with Gasteiger partial charge in [-0.25, -0.2) is 0 Å². The summed E-state index contributed by atoms with van der Waals surface area (Å²) in [5.74, 6) is 6.59. The molecule has 0 aliphatic carbocycles. The molecular weight excluding hydrogens is 286 g/mol. The van der Waals surface area contributed by atoms with Crippen molar-refractivity contribution < 1.29 is 17.0 Å².